The van der Waals surface area contributed by atoms with Gasteiger partial charge in [0.05, 0.1) is 6.42 Å². The predicted octanol–water partition coefficient (Wildman–Crippen LogP) is 5.03. The van der Waals surface area contributed by atoms with Crippen LogP contribution in [-0.2, 0) is 17.6 Å². The topological polar surface area (TPSA) is 80.3 Å². The molecule has 9 heteroatoms. The van der Waals surface area contributed by atoms with E-state index in [9.17, 15) is 18.4 Å². The summed E-state index contributed by atoms with van der Waals surface area (Å²) in [7, 11) is 0. The van der Waals surface area contributed by atoms with E-state index in [-0.39, 0.29) is 30.3 Å². The third-order valence-corrected chi connectivity index (χ3v) is 4.18. The van der Waals surface area contributed by atoms with Crippen molar-refractivity contribution in [2.75, 3.05) is 5.32 Å². The molecule has 0 fully saturated rings. The summed E-state index contributed by atoms with van der Waals surface area (Å²) in [6.45, 7) is 1.93. The van der Waals surface area contributed by atoms with Gasteiger partial charge in [0.25, 0.3) is 0 Å². The Balaban J connectivity index is 0.00000341. The number of aryl methyl sites for hydroxylation is 1. The van der Waals surface area contributed by atoms with Crippen LogP contribution >= 0.6 is 12.4 Å². The lowest BCUT2D eigenvalue weighted by Crippen LogP contribution is -2.35. The Bertz CT molecular complexity index is 1060. The average molecular weight is 448 g/mol. The minimum atomic E-state index is -0.808. The van der Waals surface area contributed by atoms with Crippen LogP contribution in [0, 0.1) is 11.6 Å². The molecule has 0 spiro atoms. The van der Waals surface area contributed by atoms with Crippen molar-refractivity contribution in [3.63, 3.8) is 0 Å². The van der Waals surface area contributed by atoms with Crippen LogP contribution in [0.5, 0.6) is 11.5 Å². The van der Waals surface area contributed by atoms with E-state index in [1.165, 1.54) is 36.4 Å². The Labute approximate surface area is 184 Å². The number of ether oxygens (including phenoxy) is 1. The molecule has 31 heavy (non-hydrogen) atoms. The number of halogens is 3. The number of carbonyl (C=O) groups excluding carboxylic acids is 2. The zero-order valence-corrected chi connectivity index (χ0v) is 17.3. The normalized spacial score (nSPS) is 10.0. The Morgan fingerprint density at radius 2 is 1.77 bits per heavy atom. The van der Waals surface area contributed by atoms with Crippen LogP contribution < -0.4 is 15.4 Å². The molecule has 2 N–H and O–H groups in total. The first-order valence-corrected chi connectivity index (χ1v) is 9.20. The zero-order chi connectivity index (χ0) is 21.5. The lowest BCUT2D eigenvalue weighted by Gasteiger charge is -2.12. The number of rotatable bonds is 6. The molecule has 1 aromatic heterocycles. The average Bonchev–Trinajstić information content (AvgIpc) is 2.72. The van der Waals surface area contributed by atoms with Gasteiger partial charge in [0.15, 0.2) is 11.6 Å². The molecule has 3 amide bonds. The van der Waals surface area contributed by atoms with Crippen LogP contribution in [0.3, 0.4) is 0 Å². The molecule has 0 saturated carbocycles. The van der Waals surface area contributed by atoms with E-state index >= 15 is 0 Å². The number of hydrogen-bond donors (Lipinski definition) is 2. The highest BCUT2D eigenvalue weighted by atomic mass is 35.5. The van der Waals surface area contributed by atoms with Gasteiger partial charge in [-0.2, -0.15) is 0 Å². The second kappa shape index (κ2) is 11.0. The summed E-state index contributed by atoms with van der Waals surface area (Å²) >= 11 is 0. The summed E-state index contributed by atoms with van der Waals surface area (Å²) in [4.78, 5) is 27.9. The van der Waals surface area contributed by atoms with Crippen molar-refractivity contribution in [3.05, 3.63) is 83.7 Å². The monoisotopic (exact) mass is 447 g/mol. The Hall–Kier alpha value is -3.52. The number of amides is 3. The van der Waals surface area contributed by atoms with Crippen LogP contribution in [0.1, 0.15) is 18.1 Å². The molecule has 6 nitrogen and oxygen atoms in total. The van der Waals surface area contributed by atoms with Gasteiger partial charge in [0, 0.05) is 29.7 Å². The maximum Gasteiger partial charge on any atom is 0.325 e. The van der Waals surface area contributed by atoms with Crippen molar-refractivity contribution in [3.8, 4) is 11.5 Å². The Kier molecular flexibility index (Phi) is 8.45. The van der Waals surface area contributed by atoms with Crippen molar-refractivity contribution in [1.82, 2.24) is 10.3 Å². The molecular formula is C22H20ClF2N3O3. The molecule has 0 atom stereocenters. The van der Waals surface area contributed by atoms with Gasteiger partial charge in [0.1, 0.15) is 11.6 Å². The fourth-order valence-electron chi connectivity index (χ4n) is 2.68. The zero-order valence-electron chi connectivity index (χ0n) is 16.5. The van der Waals surface area contributed by atoms with E-state index in [0.717, 1.165) is 11.6 Å². The first-order valence-electron chi connectivity index (χ1n) is 9.20. The van der Waals surface area contributed by atoms with Gasteiger partial charge in [0.2, 0.25) is 5.91 Å². The highest BCUT2D eigenvalue weighted by Crippen LogP contribution is 2.28. The summed E-state index contributed by atoms with van der Waals surface area (Å²) in [6, 6.07) is 10.1. The number of hydrogen-bond acceptors (Lipinski definition) is 4. The van der Waals surface area contributed by atoms with E-state index in [0.29, 0.717) is 17.7 Å². The van der Waals surface area contributed by atoms with Crippen molar-refractivity contribution >= 4 is 30.0 Å². The second-order valence-corrected chi connectivity index (χ2v) is 6.39. The maximum atomic E-state index is 14.4. The molecule has 3 rings (SSSR count). The number of urea groups is 1. The highest BCUT2D eigenvalue weighted by Gasteiger charge is 2.12. The summed E-state index contributed by atoms with van der Waals surface area (Å²) in [5, 5.41) is 4.52. The first kappa shape index (κ1) is 23.8. The number of nitrogens with zero attached hydrogens (tertiary/aromatic N) is 1. The number of aromatic nitrogens is 1. The van der Waals surface area contributed by atoms with Gasteiger partial charge in [-0.1, -0.05) is 19.1 Å². The van der Waals surface area contributed by atoms with Gasteiger partial charge in [-0.3, -0.25) is 15.1 Å². The van der Waals surface area contributed by atoms with Gasteiger partial charge in [-0.15, -0.1) is 12.4 Å². The quantitative estimate of drug-likeness (QED) is 0.555. The van der Waals surface area contributed by atoms with Crippen LogP contribution in [0.15, 0.2) is 60.9 Å². The number of nitrogens with one attached hydrogen (secondary N) is 2. The fraction of sp³-hybridized carbons (Fsp3) is 0.136. The third kappa shape index (κ3) is 6.75. The van der Waals surface area contributed by atoms with Gasteiger partial charge >= 0.3 is 6.03 Å². The standard InChI is InChI=1S/C22H19F2N3O3.ClH/c1-2-15-13-25-10-9-19(15)30-20-8-7-17(12-18(20)24)26-22(29)27-21(28)11-14-3-5-16(23)6-4-14;/h3-10,12-13H,2,11H2,1H3,(H2,26,27,28,29);1H. The lowest BCUT2D eigenvalue weighted by atomic mass is 10.1. The van der Waals surface area contributed by atoms with Crippen LogP contribution in [0.4, 0.5) is 19.3 Å². The van der Waals surface area contributed by atoms with Crippen LogP contribution in [-0.4, -0.2) is 16.9 Å². The lowest BCUT2D eigenvalue weighted by molar-refractivity contribution is -0.119. The smallest absolute Gasteiger partial charge is 0.325 e. The van der Waals surface area contributed by atoms with Crippen molar-refractivity contribution in [2.45, 2.75) is 19.8 Å². The Morgan fingerprint density at radius 1 is 1.03 bits per heavy atom. The molecule has 0 aliphatic heterocycles. The van der Waals surface area contributed by atoms with Crippen molar-refractivity contribution in [1.29, 1.82) is 0 Å². The Morgan fingerprint density at radius 3 is 2.45 bits per heavy atom. The molecule has 0 bridgehead atoms. The van der Waals surface area contributed by atoms with Crippen LogP contribution in [0.25, 0.3) is 0 Å². The minimum Gasteiger partial charge on any atom is -0.454 e. The van der Waals surface area contributed by atoms with E-state index < -0.39 is 23.6 Å². The van der Waals surface area contributed by atoms with Crippen LogP contribution in [0.2, 0.25) is 0 Å². The summed E-state index contributed by atoms with van der Waals surface area (Å²) in [5.41, 5.74) is 1.53. The van der Waals surface area contributed by atoms with E-state index in [1.807, 2.05) is 6.92 Å². The molecule has 0 aliphatic carbocycles. The molecule has 1 heterocycles. The third-order valence-electron chi connectivity index (χ3n) is 4.18. The molecule has 0 saturated heterocycles. The molecule has 0 aliphatic rings. The molecule has 162 valence electrons. The maximum absolute atomic E-state index is 14.4. The predicted molar refractivity (Wildman–Crippen MR) is 115 cm³/mol. The van der Waals surface area contributed by atoms with E-state index in [1.54, 1.807) is 18.5 Å². The minimum absolute atomic E-state index is 0. The summed E-state index contributed by atoms with van der Waals surface area (Å²) in [5.74, 6) is -1.18. The van der Waals surface area contributed by atoms with Gasteiger partial charge in [-0.25, -0.2) is 13.6 Å². The number of anilines is 1. The number of benzene rings is 2. The molecule has 0 unspecified atom stereocenters. The fourth-order valence-corrected chi connectivity index (χ4v) is 2.68. The van der Waals surface area contributed by atoms with Gasteiger partial charge < -0.3 is 10.1 Å². The molecular weight excluding hydrogens is 428 g/mol. The molecule has 3 aromatic rings. The summed E-state index contributed by atoms with van der Waals surface area (Å²) < 4.78 is 32.9. The van der Waals surface area contributed by atoms with Gasteiger partial charge in [-0.05, 0) is 42.3 Å². The van der Waals surface area contributed by atoms with E-state index in [2.05, 4.69) is 15.6 Å². The van der Waals surface area contributed by atoms with E-state index in [4.69, 9.17) is 4.74 Å². The number of carbonyl (C=O) groups is 2. The highest BCUT2D eigenvalue weighted by molar-refractivity contribution is 6.01. The second-order valence-electron chi connectivity index (χ2n) is 6.39. The number of imide groups is 1. The first-order chi connectivity index (χ1) is 14.4. The van der Waals surface area contributed by atoms with Crippen molar-refractivity contribution < 1.29 is 23.1 Å². The number of pyridine rings is 1. The summed E-state index contributed by atoms with van der Waals surface area (Å²) in [6.07, 6.45) is 3.78. The SMILES string of the molecule is CCc1cnccc1Oc1ccc(NC(=O)NC(=O)Cc2ccc(F)cc2)cc1F.Cl. The molecule has 0 radical (unpaired) electrons. The van der Waals surface area contributed by atoms with Crippen molar-refractivity contribution in [2.24, 2.45) is 0 Å². The largest absolute Gasteiger partial charge is 0.454 e. The molecule has 2 aromatic carbocycles.